The normalized spacial score (nSPS) is 27.5. The minimum atomic E-state index is -1.98. The standard InChI is InChI=1S/C60H66F4N12O9S4/c1-83-53(81)59-45-37-27-39(43(51(79)67-21-25-71-57(88)75-35-15-7-31(63)8-16-35)41(37)49(77)65-19-23-69-55(86)73-33-11-3-29(61)4-12-33)47(45)60(85-59,54(82)84-2)48-40-28-38(46(48)59)42(50(78)66-20-24-70-56(87)74-34-13-5-30(62)6-14-34)44(40)52(80)68-22-26-72-58(89)76-36-17-9-32(64)10-18-36/h3-18,37-48H,19-28H2,1-2H3,(H,65,77)(H,66,78)(H,67,79)(H,68,80)(H2,69,73,86)(H2,70,74,87)(H2,71,75,88)(H2,72,76,89)/t37-,38+,39+,40-,41-,42+,43+,44-,45-,46+,47+,48-,59?,60?. The lowest BCUT2D eigenvalue weighted by Gasteiger charge is -2.53. The van der Waals surface area contributed by atoms with Gasteiger partial charge in [0.15, 0.2) is 31.7 Å². The van der Waals surface area contributed by atoms with Crippen LogP contribution in [0.25, 0.3) is 0 Å². The molecule has 6 fully saturated rings. The van der Waals surface area contributed by atoms with E-state index in [1.807, 2.05) is 0 Å². The average molecular weight is 1300 g/mol. The van der Waals surface area contributed by atoms with Crippen molar-refractivity contribution in [2.45, 2.75) is 24.0 Å². The summed E-state index contributed by atoms with van der Waals surface area (Å²) in [6.07, 6.45) is 0.386. The Labute approximate surface area is 531 Å². The summed E-state index contributed by atoms with van der Waals surface area (Å²) < 4.78 is 73.0. The molecule has 4 saturated carbocycles. The number of anilines is 4. The molecule has 2 saturated heterocycles. The number of fused-ring (bicyclic) bond motifs is 16. The van der Waals surface area contributed by atoms with Crippen LogP contribution in [0.2, 0.25) is 0 Å². The van der Waals surface area contributed by atoms with E-state index in [-0.39, 0.29) is 85.6 Å². The van der Waals surface area contributed by atoms with Gasteiger partial charge in [-0.15, -0.1) is 0 Å². The molecule has 4 aromatic rings. The van der Waals surface area contributed by atoms with Crippen molar-refractivity contribution >= 4 is 128 Å². The summed E-state index contributed by atoms with van der Waals surface area (Å²) in [6, 6.07) is 22.2. The van der Waals surface area contributed by atoms with Gasteiger partial charge in [0.1, 0.15) is 23.3 Å². The molecule has 472 valence electrons. The molecule has 0 aromatic heterocycles. The van der Waals surface area contributed by atoms with Crippen LogP contribution in [0, 0.1) is 94.3 Å². The van der Waals surface area contributed by atoms with Crippen molar-refractivity contribution in [3.63, 3.8) is 0 Å². The number of amides is 4. The van der Waals surface area contributed by atoms with E-state index in [1.54, 1.807) is 0 Å². The van der Waals surface area contributed by atoms with Crippen molar-refractivity contribution in [3.05, 3.63) is 120 Å². The molecule has 4 amide bonds. The van der Waals surface area contributed by atoms with Crippen LogP contribution in [-0.4, -0.2) is 134 Å². The summed E-state index contributed by atoms with van der Waals surface area (Å²) in [5.41, 5.74) is -1.87. The molecule has 6 aliphatic rings. The molecule has 2 unspecified atom stereocenters. The minimum Gasteiger partial charge on any atom is -0.467 e. The number of carbonyl (C=O) groups excluding carboxylic acids is 6. The third-order valence-corrected chi connectivity index (χ3v) is 19.1. The Morgan fingerprint density at radius 3 is 0.787 bits per heavy atom. The Bertz CT molecular complexity index is 2970. The van der Waals surface area contributed by atoms with Gasteiger partial charge in [-0.25, -0.2) is 27.2 Å². The minimum absolute atomic E-state index is 0.0178. The van der Waals surface area contributed by atoms with E-state index in [0.29, 0.717) is 22.7 Å². The molecule has 4 aromatic carbocycles. The first-order valence-electron chi connectivity index (χ1n) is 29.0. The monoisotopic (exact) mass is 1300 g/mol. The lowest BCUT2D eigenvalue weighted by molar-refractivity contribution is -0.188. The second kappa shape index (κ2) is 27.5. The SMILES string of the molecule is COC(=O)C12OC(C(=O)OC)([C@@H]3[C@@H]4C[C@@H]([C@H](C(=O)NCCNC(=S)Nc5ccc(F)cc5)[C@@H]4C(=O)NCCNC(=S)Nc4ccc(F)cc4)[C@@H]31)[C@H]1[C@H]3C[C@H]([C@@H](C(=O)NCCNC(=S)Nc4ccc(F)cc4)[C@H]3C(=O)NCCNC(=S)Nc3ccc(F)cc3)[C@H]12. The second-order valence-corrected chi connectivity index (χ2v) is 24.4. The first-order valence-corrected chi connectivity index (χ1v) is 30.6. The number of hydrogen-bond acceptors (Lipinski definition) is 13. The van der Waals surface area contributed by atoms with E-state index in [0.717, 1.165) is 0 Å². The molecule has 0 spiro atoms. The highest BCUT2D eigenvalue weighted by Gasteiger charge is 2.92. The Hall–Kier alpha value is -7.86. The highest BCUT2D eigenvalue weighted by molar-refractivity contribution is 7.81. The van der Waals surface area contributed by atoms with Crippen LogP contribution in [0.1, 0.15) is 12.8 Å². The number of ether oxygens (including phenoxy) is 3. The maximum atomic E-state index is 15.2. The molecule has 21 nitrogen and oxygen atoms in total. The molecular formula is C60H66F4N12O9S4. The molecule has 0 radical (unpaired) electrons. The molecule has 2 aliphatic heterocycles. The van der Waals surface area contributed by atoms with Crippen LogP contribution in [0.3, 0.4) is 0 Å². The van der Waals surface area contributed by atoms with Gasteiger partial charge in [-0.05, 0) is 182 Å². The van der Waals surface area contributed by atoms with E-state index >= 15 is 9.59 Å². The number of carbonyl (C=O) groups is 6. The van der Waals surface area contributed by atoms with Crippen LogP contribution in [0.15, 0.2) is 97.1 Å². The van der Waals surface area contributed by atoms with E-state index in [2.05, 4.69) is 63.8 Å². The Morgan fingerprint density at radius 2 is 0.584 bits per heavy atom. The zero-order valence-electron chi connectivity index (χ0n) is 48.1. The molecule has 89 heavy (non-hydrogen) atoms. The Kier molecular flexibility index (Phi) is 19.8. The van der Waals surface area contributed by atoms with Crippen molar-refractivity contribution in [2.24, 2.45) is 71.0 Å². The molecule has 4 aliphatic carbocycles. The molecule has 10 rings (SSSR count). The summed E-state index contributed by atoms with van der Waals surface area (Å²) >= 11 is 21.8. The zero-order valence-corrected chi connectivity index (χ0v) is 51.3. The number of rotatable bonds is 22. The van der Waals surface area contributed by atoms with Gasteiger partial charge in [0.25, 0.3) is 0 Å². The van der Waals surface area contributed by atoms with Crippen molar-refractivity contribution < 1.29 is 60.5 Å². The molecule has 6 bridgehead atoms. The predicted molar refractivity (Wildman–Crippen MR) is 336 cm³/mol. The highest BCUT2D eigenvalue weighted by Crippen LogP contribution is 2.82. The van der Waals surface area contributed by atoms with Crippen LogP contribution in [0.4, 0.5) is 40.3 Å². The van der Waals surface area contributed by atoms with Gasteiger partial charge in [-0.2, -0.15) is 0 Å². The summed E-state index contributed by atoms with van der Waals surface area (Å²) in [5, 5.41) is 36.5. The van der Waals surface area contributed by atoms with Gasteiger partial charge in [0, 0.05) is 98.8 Å². The van der Waals surface area contributed by atoms with Crippen molar-refractivity contribution in [3.8, 4) is 0 Å². The lowest BCUT2D eigenvalue weighted by atomic mass is 9.46. The number of esters is 2. The number of halogens is 4. The van der Waals surface area contributed by atoms with Crippen molar-refractivity contribution in [2.75, 3.05) is 87.8 Å². The molecule has 12 N–H and O–H groups in total. The fourth-order valence-electron chi connectivity index (χ4n) is 15.3. The van der Waals surface area contributed by atoms with E-state index < -0.39 is 141 Å². The summed E-state index contributed by atoms with van der Waals surface area (Å²) in [4.78, 5) is 90.4. The highest BCUT2D eigenvalue weighted by atomic mass is 32.1. The summed E-state index contributed by atoms with van der Waals surface area (Å²) in [6.45, 7) is 0.571. The first-order chi connectivity index (χ1) is 42.8. The van der Waals surface area contributed by atoms with Gasteiger partial charge in [0.05, 0.1) is 37.9 Å². The van der Waals surface area contributed by atoms with E-state index in [4.69, 9.17) is 63.1 Å². The molecule has 14 atom stereocenters. The number of thiocarbonyl (C=S) groups is 4. The van der Waals surface area contributed by atoms with Crippen LogP contribution < -0.4 is 63.8 Å². The van der Waals surface area contributed by atoms with E-state index in [9.17, 15) is 36.7 Å². The van der Waals surface area contributed by atoms with Gasteiger partial charge >= 0.3 is 11.9 Å². The van der Waals surface area contributed by atoms with Crippen LogP contribution in [-0.2, 0) is 43.0 Å². The number of benzene rings is 4. The molecule has 29 heteroatoms. The van der Waals surface area contributed by atoms with Crippen LogP contribution >= 0.6 is 48.9 Å². The second-order valence-electron chi connectivity index (χ2n) is 22.7. The smallest absolute Gasteiger partial charge is 0.338 e. The topological polar surface area (TPSA) is 274 Å². The predicted octanol–water partition coefficient (Wildman–Crippen LogP) is 4.05. The van der Waals surface area contributed by atoms with Crippen LogP contribution in [0.5, 0.6) is 0 Å². The van der Waals surface area contributed by atoms with Gasteiger partial charge in [-0.3, -0.25) is 19.2 Å². The lowest BCUT2D eigenvalue weighted by Crippen LogP contribution is -2.66. The van der Waals surface area contributed by atoms with Gasteiger partial charge < -0.3 is 78.0 Å². The summed E-state index contributed by atoms with van der Waals surface area (Å²) in [7, 11) is 2.38. The zero-order chi connectivity index (χ0) is 63.3. The number of nitrogens with one attached hydrogen (secondary N) is 12. The molecular weight excluding hydrogens is 1240 g/mol. The number of hydrogen-bond donors (Lipinski definition) is 12. The molecule has 2 heterocycles. The third kappa shape index (κ3) is 13.0. The largest absolute Gasteiger partial charge is 0.467 e. The maximum absolute atomic E-state index is 15.2. The fourth-order valence-corrected chi connectivity index (χ4v) is 16.2. The Morgan fingerprint density at radius 1 is 0.382 bits per heavy atom. The average Bonchev–Trinajstić information content (AvgIpc) is 1.45. The third-order valence-electron chi connectivity index (χ3n) is 18.1. The fraction of sp³-hybridized carbons (Fsp3) is 0.433. The summed E-state index contributed by atoms with van der Waals surface area (Å²) in [5.74, 6) is -16.7. The van der Waals surface area contributed by atoms with Gasteiger partial charge in [-0.1, -0.05) is 0 Å². The maximum Gasteiger partial charge on any atom is 0.338 e. The Balaban J connectivity index is 0.920. The van der Waals surface area contributed by atoms with E-state index in [1.165, 1.54) is 111 Å². The quantitative estimate of drug-likeness (QED) is 0.0229. The van der Waals surface area contributed by atoms with Crippen molar-refractivity contribution in [1.29, 1.82) is 0 Å². The van der Waals surface area contributed by atoms with Gasteiger partial charge in [0.2, 0.25) is 23.6 Å². The number of methoxy groups -OCH3 is 2. The van der Waals surface area contributed by atoms with Crippen molar-refractivity contribution in [1.82, 2.24) is 42.5 Å². The first kappa shape index (κ1) is 64.1.